The average molecular weight is 373 g/mol. The maximum atomic E-state index is 11.7. The molecule has 3 amide bonds. The number of likely N-dealkylation sites (tertiary alicyclic amines) is 1. The molecule has 2 heterocycles. The fourth-order valence-electron chi connectivity index (χ4n) is 2.80. The third-order valence-electron chi connectivity index (χ3n) is 4.17. The van der Waals surface area contributed by atoms with E-state index in [1.807, 2.05) is 20.8 Å². The molecular weight excluding hydrogens is 336 g/mol. The van der Waals surface area contributed by atoms with Crippen molar-refractivity contribution < 1.29 is 19.1 Å². The molecule has 2 aliphatic heterocycles. The largest absolute Gasteiger partial charge is 0.444 e. The molecule has 0 spiro atoms. The lowest BCUT2D eigenvalue weighted by Crippen LogP contribution is -2.45. The summed E-state index contributed by atoms with van der Waals surface area (Å²) >= 11 is 0. The van der Waals surface area contributed by atoms with Crippen LogP contribution < -0.4 is 16.8 Å². The van der Waals surface area contributed by atoms with Crippen LogP contribution >= 0.6 is 0 Å². The van der Waals surface area contributed by atoms with Crippen LogP contribution in [0.4, 0.5) is 4.79 Å². The van der Waals surface area contributed by atoms with Gasteiger partial charge in [-0.3, -0.25) is 9.59 Å². The normalized spacial score (nSPS) is 23.0. The van der Waals surface area contributed by atoms with Gasteiger partial charge in [0.1, 0.15) is 5.60 Å². The number of nitrogens with two attached hydrogens (primary N) is 2. The number of carbonyl (C=O) groups is 3. The van der Waals surface area contributed by atoms with E-state index in [1.165, 1.54) is 0 Å². The number of rotatable bonds is 2. The van der Waals surface area contributed by atoms with E-state index in [0.717, 1.165) is 38.8 Å². The van der Waals surface area contributed by atoms with Crippen LogP contribution in [0.25, 0.3) is 0 Å². The molecule has 5 N–H and O–H groups in total. The molecule has 0 aromatic heterocycles. The molecule has 2 aliphatic rings. The average Bonchev–Trinajstić information content (AvgIpc) is 2.55. The van der Waals surface area contributed by atoms with E-state index >= 15 is 0 Å². The molecule has 26 heavy (non-hydrogen) atoms. The van der Waals surface area contributed by atoms with Gasteiger partial charge in [-0.25, -0.2) is 4.79 Å². The van der Waals surface area contributed by atoms with Gasteiger partial charge in [-0.15, -0.1) is 0 Å². The van der Waals surface area contributed by atoms with Gasteiger partial charge in [0, 0.05) is 19.6 Å². The van der Waals surface area contributed by atoms with Crippen molar-refractivity contribution in [2.45, 2.75) is 59.5 Å². The predicted molar refractivity (Wildman–Crippen MR) is 101 cm³/mol. The standard InChI is InChI=1S/C11H20N2O3.C6H12N2O.CH4/c1-11(2,3)16-10(15)13-6-4-5-8(7-13)9(12)14;7-6(9)5-2-1-3-8-4-5;/h8H,4-7H2,1-3H3,(H2,12,14);5,8H,1-4H2,(H2,7,9);1H4/t8-;5-;/m11./s1. The minimum Gasteiger partial charge on any atom is -0.444 e. The number of primary amides is 2. The Bertz CT molecular complexity index is 470. The molecule has 0 unspecified atom stereocenters. The number of nitrogens with zero attached hydrogens (tertiary/aromatic N) is 1. The number of carbonyl (C=O) groups excluding carboxylic acids is 3. The summed E-state index contributed by atoms with van der Waals surface area (Å²) in [6, 6.07) is 0. The molecule has 8 heteroatoms. The molecule has 152 valence electrons. The third-order valence-corrected chi connectivity index (χ3v) is 4.17. The first-order valence-electron chi connectivity index (χ1n) is 8.87. The lowest BCUT2D eigenvalue weighted by Gasteiger charge is -2.32. The zero-order valence-electron chi connectivity index (χ0n) is 15.5. The molecule has 2 fully saturated rings. The van der Waals surface area contributed by atoms with Crippen LogP contribution in [0.3, 0.4) is 0 Å². The highest BCUT2D eigenvalue weighted by Crippen LogP contribution is 2.18. The van der Waals surface area contributed by atoms with Crippen LogP contribution in [0.2, 0.25) is 0 Å². The zero-order chi connectivity index (χ0) is 19.0. The Morgan fingerprint density at radius 3 is 2.04 bits per heavy atom. The number of hydrogen-bond donors (Lipinski definition) is 3. The quantitative estimate of drug-likeness (QED) is 0.671. The highest BCUT2D eigenvalue weighted by molar-refractivity contribution is 5.78. The van der Waals surface area contributed by atoms with Crippen molar-refractivity contribution in [3.05, 3.63) is 0 Å². The highest BCUT2D eigenvalue weighted by Gasteiger charge is 2.29. The highest BCUT2D eigenvalue weighted by atomic mass is 16.6. The molecule has 0 bridgehead atoms. The number of ether oxygens (including phenoxy) is 1. The van der Waals surface area contributed by atoms with Crippen molar-refractivity contribution in [2.75, 3.05) is 26.2 Å². The maximum Gasteiger partial charge on any atom is 0.410 e. The van der Waals surface area contributed by atoms with E-state index in [0.29, 0.717) is 13.1 Å². The molecule has 2 rings (SSSR count). The van der Waals surface area contributed by atoms with Gasteiger partial charge in [-0.1, -0.05) is 7.43 Å². The van der Waals surface area contributed by atoms with Gasteiger partial charge < -0.3 is 26.4 Å². The van der Waals surface area contributed by atoms with Gasteiger partial charge in [0.25, 0.3) is 0 Å². The minimum atomic E-state index is -0.503. The van der Waals surface area contributed by atoms with Crippen LogP contribution in [0.15, 0.2) is 0 Å². The van der Waals surface area contributed by atoms with Crippen LogP contribution in [0.5, 0.6) is 0 Å². The Morgan fingerprint density at radius 1 is 1.04 bits per heavy atom. The predicted octanol–water partition coefficient (Wildman–Crippen LogP) is 1.23. The van der Waals surface area contributed by atoms with Crippen molar-refractivity contribution in [3.8, 4) is 0 Å². The van der Waals surface area contributed by atoms with Crippen LogP contribution in [-0.4, -0.2) is 54.6 Å². The molecule has 0 aliphatic carbocycles. The molecule has 0 aromatic rings. The smallest absolute Gasteiger partial charge is 0.410 e. The second kappa shape index (κ2) is 11.0. The summed E-state index contributed by atoms with van der Waals surface area (Å²) in [6.07, 6.45) is 3.23. The molecule has 0 aromatic carbocycles. The van der Waals surface area contributed by atoms with E-state index in [1.54, 1.807) is 4.90 Å². The van der Waals surface area contributed by atoms with Crippen LogP contribution in [0, 0.1) is 11.8 Å². The van der Waals surface area contributed by atoms with E-state index in [-0.39, 0.29) is 37.2 Å². The third kappa shape index (κ3) is 9.03. The Balaban J connectivity index is 0.000000532. The fraction of sp³-hybridized carbons (Fsp3) is 0.833. The Hall–Kier alpha value is -1.83. The Morgan fingerprint density at radius 2 is 1.62 bits per heavy atom. The van der Waals surface area contributed by atoms with Crippen LogP contribution in [-0.2, 0) is 14.3 Å². The molecule has 2 saturated heterocycles. The summed E-state index contributed by atoms with van der Waals surface area (Å²) in [5, 5.41) is 3.12. The van der Waals surface area contributed by atoms with E-state index < -0.39 is 5.60 Å². The Kier molecular flexibility index (Phi) is 10.2. The van der Waals surface area contributed by atoms with E-state index in [9.17, 15) is 14.4 Å². The van der Waals surface area contributed by atoms with Gasteiger partial charge in [-0.05, 0) is 53.0 Å². The van der Waals surface area contributed by atoms with Gasteiger partial charge in [-0.2, -0.15) is 0 Å². The maximum absolute atomic E-state index is 11.7. The van der Waals surface area contributed by atoms with Gasteiger partial charge >= 0.3 is 6.09 Å². The minimum absolute atomic E-state index is 0. The lowest BCUT2D eigenvalue weighted by atomic mass is 9.98. The first kappa shape index (κ1) is 24.2. The summed E-state index contributed by atoms with van der Waals surface area (Å²) in [5.74, 6) is -0.657. The summed E-state index contributed by atoms with van der Waals surface area (Å²) < 4.78 is 5.24. The van der Waals surface area contributed by atoms with E-state index in [4.69, 9.17) is 16.2 Å². The first-order chi connectivity index (χ1) is 11.6. The van der Waals surface area contributed by atoms with Crippen LogP contribution in [0.1, 0.15) is 53.9 Å². The number of amides is 3. The summed E-state index contributed by atoms with van der Waals surface area (Å²) in [5.41, 5.74) is 9.82. The van der Waals surface area contributed by atoms with Gasteiger partial charge in [0.05, 0.1) is 11.8 Å². The van der Waals surface area contributed by atoms with Crippen molar-refractivity contribution >= 4 is 17.9 Å². The summed E-state index contributed by atoms with van der Waals surface area (Å²) in [7, 11) is 0. The van der Waals surface area contributed by atoms with Crippen molar-refractivity contribution in [1.82, 2.24) is 10.2 Å². The van der Waals surface area contributed by atoms with Crippen molar-refractivity contribution in [3.63, 3.8) is 0 Å². The second-order valence-corrected chi connectivity index (χ2v) is 7.61. The van der Waals surface area contributed by atoms with Gasteiger partial charge in [0.15, 0.2) is 0 Å². The number of piperidine rings is 2. The lowest BCUT2D eigenvalue weighted by molar-refractivity contribution is -0.123. The van der Waals surface area contributed by atoms with Crippen molar-refractivity contribution in [2.24, 2.45) is 23.3 Å². The summed E-state index contributed by atoms with van der Waals surface area (Å²) in [4.78, 5) is 34.9. The summed E-state index contributed by atoms with van der Waals surface area (Å²) in [6.45, 7) is 8.28. The first-order valence-corrected chi connectivity index (χ1v) is 8.87. The zero-order valence-corrected chi connectivity index (χ0v) is 15.5. The molecule has 0 radical (unpaired) electrons. The molecule has 2 atom stereocenters. The van der Waals surface area contributed by atoms with Crippen molar-refractivity contribution in [1.29, 1.82) is 0 Å². The number of nitrogens with one attached hydrogen (secondary N) is 1. The number of hydrogen-bond acceptors (Lipinski definition) is 5. The SMILES string of the molecule is C.CC(C)(C)OC(=O)N1CCC[C@@H](C(N)=O)C1.NC(=O)[C@@H]1CCCNC1. The Labute approximate surface area is 157 Å². The molecular formula is C18H36N4O4. The van der Waals surface area contributed by atoms with Gasteiger partial charge in [0.2, 0.25) is 11.8 Å². The topological polar surface area (TPSA) is 128 Å². The fourth-order valence-corrected chi connectivity index (χ4v) is 2.80. The molecule has 0 saturated carbocycles. The second-order valence-electron chi connectivity index (χ2n) is 7.61. The van der Waals surface area contributed by atoms with E-state index in [2.05, 4.69) is 5.32 Å². The monoisotopic (exact) mass is 372 g/mol. The molecule has 8 nitrogen and oxygen atoms in total.